The average Bonchev–Trinajstić information content (AvgIpc) is 3.15. The number of piperidine rings is 2. The monoisotopic (exact) mass is 466 g/mol. The summed E-state index contributed by atoms with van der Waals surface area (Å²) in [5.41, 5.74) is 3.13. The van der Waals surface area contributed by atoms with Gasteiger partial charge in [0.05, 0.1) is 17.1 Å². The van der Waals surface area contributed by atoms with Gasteiger partial charge in [-0.2, -0.15) is 5.10 Å². The third-order valence-corrected chi connectivity index (χ3v) is 8.27. The number of benzene rings is 1. The van der Waals surface area contributed by atoms with E-state index in [1.54, 1.807) is 0 Å². The van der Waals surface area contributed by atoms with Crippen molar-refractivity contribution < 1.29 is 19.5 Å². The van der Waals surface area contributed by atoms with Gasteiger partial charge in [0.15, 0.2) is 0 Å². The number of carbonyl (C=O) groups is 3. The van der Waals surface area contributed by atoms with E-state index in [1.807, 2.05) is 11.7 Å². The third kappa shape index (κ3) is 4.60. The number of hydrogen-bond donors (Lipinski definition) is 2. The van der Waals surface area contributed by atoms with E-state index in [9.17, 15) is 14.4 Å². The molecule has 1 atom stereocenters. The Morgan fingerprint density at radius 1 is 1.09 bits per heavy atom. The molecule has 3 heterocycles. The van der Waals surface area contributed by atoms with Crippen LogP contribution in [0.1, 0.15) is 80.9 Å². The van der Waals surface area contributed by atoms with Crippen LogP contribution in [0.3, 0.4) is 0 Å². The lowest BCUT2D eigenvalue weighted by Crippen LogP contribution is -2.42. The summed E-state index contributed by atoms with van der Waals surface area (Å²) >= 11 is 0. The van der Waals surface area contributed by atoms with Crippen molar-refractivity contribution in [2.45, 2.75) is 75.7 Å². The fraction of sp³-hybridized carbons (Fsp3) is 0.615. The largest absolute Gasteiger partial charge is 0.481 e. The van der Waals surface area contributed by atoms with Gasteiger partial charge >= 0.3 is 5.97 Å². The molecule has 2 saturated heterocycles. The number of carbonyl (C=O) groups excluding carboxylic acids is 2. The summed E-state index contributed by atoms with van der Waals surface area (Å²) in [6.07, 6.45) is 7.72. The highest BCUT2D eigenvalue weighted by atomic mass is 16.4. The van der Waals surface area contributed by atoms with Gasteiger partial charge in [0.2, 0.25) is 11.8 Å². The SMILES string of the molecule is Cn1nc(C2CCC(=O)NC2=O)c2ccc(C3CCN(C4CCC(CC(=O)O)CC4)CC3)cc21. The van der Waals surface area contributed by atoms with Crippen LogP contribution in [-0.4, -0.2) is 56.7 Å². The first kappa shape index (κ1) is 23.0. The van der Waals surface area contributed by atoms with E-state index >= 15 is 0 Å². The number of rotatable bonds is 5. The van der Waals surface area contributed by atoms with Crippen LogP contribution in [0.4, 0.5) is 0 Å². The Morgan fingerprint density at radius 3 is 2.50 bits per heavy atom. The highest BCUT2D eigenvalue weighted by Gasteiger charge is 2.33. The molecule has 0 radical (unpaired) electrons. The minimum absolute atomic E-state index is 0.205. The summed E-state index contributed by atoms with van der Waals surface area (Å²) in [5, 5.41) is 17.2. The molecule has 2 N–H and O–H groups in total. The fourth-order valence-corrected chi connectivity index (χ4v) is 6.33. The first-order valence-electron chi connectivity index (χ1n) is 12.6. The van der Waals surface area contributed by atoms with Crippen LogP contribution >= 0.6 is 0 Å². The smallest absolute Gasteiger partial charge is 0.303 e. The maximum absolute atomic E-state index is 12.4. The molecule has 5 rings (SSSR count). The van der Waals surface area contributed by atoms with Crippen molar-refractivity contribution in [3.8, 4) is 0 Å². The molecule has 8 nitrogen and oxygen atoms in total. The van der Waals surface area contributed by atoms with Crippen LogP contribution < -0.4 is 5.32 Å². The zero-order chi connectivity index (χ0) is 23.8. The molecular formula is C26H34N4O4. The number of aryl methyl sites for hydroxylation is 1. The fourth-order valence-electron chi connectivity index (χ4n) is 6.33. The minimum Gasteiger partial charge on any atom is -0.481 e. The van der Waals surface area contributed by atoms with Crippen LogP contribution in [-0.2, 0) is 21.4 Å². The molecule has 0 spiro atoms. The maximum Gasteiger partial charge on any atom is 0.303 e. The highest BCUT2D eigenvalue weighted by molar-refractivity contribution is 6.02. The summed E-state index contributed by atoms with van der Waals surface area (Å²) in [7, 11) is 1.92. The number of fused-ring (bicyclic) bond motifs is 1. The molecule has 182 valence electrons. The van der Waals surface area contributed by atoms with Crippen molar-refractivity contribution in [2.75, 3.05) is 13.1 Å². The summed E-state index contributed by atoms with van der Waals surface area (Å²) < 4.78 is 1.86. The molecule has 0 bridgehead atoms. The average molecular weight is 467 g/mol. The second-order valence-electron chi connectivity index (χ2n) is 10.4. The maximum atomic E-state index is 12.4. The van der Waals surface area contributed by atoms with Gasteiger partial charge in [0.1, 0.15) is 0 Å². The number of carboxylic acids is 1. The number of nitrogens with zero attached hydrogens (tertiary/aromatic N) is 3. The number of aromatic nitrogens is 2. The van der Waals surface area contributed by atoms with Crippen molar-refractivity contribution in [3.05, 3.63) is 29.5 Å². The molecular weight excluding hydrogens is 432 g/mol. The first-order chi connectivity index (χ1) is 16.4. The predicted octanol–water partition coefficient (Wildman–Crippen LogP) is 3.31. The van der Waals surface area contributed by atoms with E-state index in [1.165, 1.54) is 5.56 Å². The zero-order valence-corrected chi connectivity index (χ0v) is 19.8. The van der Waals surface area contributed by atoms with Crippen LogP contribution in [0.25, 0.3) is 10.9 Å². The number of nitrogens with one attached hydrogen (secondary N) is 1. The Morgan fingerprint density at radius 2 is 1.82 bits per heavy atom. The molecule has 1 saturated carbocycles. The van der Waals surface area contributed by atoms with Crippen molar-refractivity contribution >= 4 is 28.7 Å². The van der Waals surface area contributed by atoms with Gasteiger partial charge in [0.25, 0.3) is 0 Å². The number of imide groups is 1. The zero-order valence-electron chi connectivity index (χ0n) is 19.8. The van der Waals surface area contributed by atoms with E-state index in [0.29, 0.717) is 37.1 Å². The standard InChI is InChI=1S/C26H34N4O4/c1-29-22-15-18(4-7-20(22)25(28-29)21-8-9-23(31)27-26(21)34)17-10-12-30(13-11-17)19-5-2-16(3-6-19)14-24(32)33/h4,7,15-17,19,21H,2-3,5-6,8-14H2,1H3,(H,32,33)(H,27,31,34). The second-order valence-corrected chi connectivity index (χ2v) is 10.4. The molecule has 1 aliphatic carbocycles. The molecule has 1 unspecified atom stereocenters. The normalized spacial score (nSPS) is 27.1. The van der Waals surface area contributed by atoms with Crippen molar-refractivity contribution in [1.82, 2.24) is 20.0 Å². The van der Waals surface area contributed by atoms with Crippen LogP contribution in [0.5, 0.6) is 0 Å². The van der Waals surface area contributed by atoms with Gasteiger partial charge in [-0.15, -0.1) is 0 Å². The molecule has 2 aliphatic heterocycles. The second kappa shape index (κ2) is 9.49. The number of carboxylic acid groups (broad SMARTS) is 1. The molecule has 1 aromatic carbocycles. The number of likely N-dealkylation sites (tertiary alicyclic amines) is 1. The summed E-state index contributed by atoms with van der Waals surface area (Å²) in [6, 6.07) is 7.13. The minimum atomic E-state index is -0.668. The number of amides is 2. The predicted molar refractivity (Wildman–Crippen MR) is 127 cm³/mol. The van der Waals surface area contributed by atoms with Gasteiger partial charge in [-0.1, -0.05) is 12.1 Å². The van der Waals surface area contributed by atoms with Crippen LogP contribution in [0, 0.1) is 5.92 Å². The Kier molecular flexibility index (Phi) is 6.42. The summed E-state index contributed by atoms with van der Waals surface area (Å²) in [4.78, 5) is 37.5. The molecule has 34 heavy (non-hydrogen) atoms. The van der Waals surface area contributed by atoms with E-state index < -0.39 is 5.97 Å². The van der Waals surface area contributed by atoms with Gasteiger partial charge in [-0.05, 0) is 81.5 Å². The quantitative estimate of drug-likeness (QED) is 0.655. The third-order valence-electron chi connectivity index (χ3n) is 8.27. The van der Waals surface area contributed by atoms with Gasteiger partial charge < -0.3 is 10.0 Å². The van der Waals surface area contributed by atoms with Crippen molar-refractivity contribution in [3.63, 3.8) is 0 Å². The Hall–Kier alpha value is -2.74. The Labute approximate surface area is 199 Å². The highest BCUT2D eigenvalue weighted by Crippen LogP contribution is 2.36. The molecule has 3 aliphatic rings. The van der Waals surface area contributed by atoms with Crippen LogP contribution in [0.2, 0.25) is 0 Å². The number of aliphatic carboxylic acids is 1. The molecule has 8 heteroatoms. The van der Waals surface area contributed by atoms with Crippen LogP contribution in [0.15, 0.2) is 18.2 Å². The van der Waals surface area contributed by atoms with Gasteiger partial charge in [-0.3, -0.25) is 24.4 Å². The molecule has 3 fully saturated rings. The lowest BCUT2D eigenvalue weighted by Gasteiger charge is -2.40. The summed E-state index contributed by atoms with van der Waals surface area (Å²) in [5.74, 6) is -0.631. The lowest BCUT2D eigenvalue weighted by molar-refractivity contribution is -0.138. The first-order valence-corrected chi connectivity index (χ1v) is 12.6. The van der Waals surface area contributed by atoms with E-state index in [4.69, 9.17) is 5.11 Å². The molecule has 2 aromatic rings. The Balaban J connectivity index is 1.23. The molecule has 2 amide bonds. The topological polar surface area (TPSA) is 105 Å². The Bertz CT molecular complexity index is 1090. The van der Waals surface area contributed by atoms with E-state index in [0.717, 1.165) is 68.2 Å². The summed E-state index contributed by atoms with van der Waals surface area (Å²) in [6.45, 7) is 2.17. The van der Waals surface area contributed by atoms with E-state index in [2.05, 4.69) is 33.5 Å². The van der Waals surface area contributed by atoms with Gasteiger partial charge in [-0.25, -0.2) is 0 Å². The molecule has 1 aromatic heterocycles. The van der Waals surface area contributed by atoms with Crippen molar-refractivity contribution in [1.29, 1.82) is 0 Å². The van der Waals surface area contributed by atoms with Crippen molar-refractivity contribution in [2.24, 2.45) is 13.0 Å². The number of hydrogen-bond acceptors (Lipinski definition) is 5. The van der Waals surface area contributed by atoms with Gasteiger partial charge in [0, 0.05) is 31.3 Å². The lowest BCUT2D eigenvalue weighted by atomic mass is 9.82. The van der Waals surface area contributed by atoms with E-state index in [-0.39, 0.29) is 17.7 Å².